The minimum atomic E-state index is 0.182. The molecular formula is C18H20N2O. The highest BCUT2D eigenvalue weighted by Crippen LogP contribution is 2.23. The van der Waals surface area contributed by atoms with E-state index < -0.39 is 0 Å². The zero-order valence-electron chi connectivity index (χ0n) is 12.1. The first-order valence-electron chi connectivity index (χ1n) is 7.36. The van der Waals surface area contributed by atoms with Crippen molar-refractivity contribution >= 4 is 5.84 Å². The van der Waals surface area contributed by atoms with Crippen molar-refractivity contribution in [2.45, 2.75) is 32.3 Å². The number of rotatable bonds is 5. The summed E-state index contributed by atoms with van der Waals surface area (Å²) in [6.07, 6.45) is 4.18. The van der Waals surface area contributed by atoms with Gasteiger partial charge in [0.25, 0.3) is 0 Å². The maximum absolute atomic E-state index is 7.29. The smallest absolute Gasteiger partial charge is 0.119 e. The Bertz CT molecular complexity index is 647. The lowest BCUT2D eigenvalue weighted by atomic mass is 10.1. The van der Waals surface area contributed by atoms with Crippen LogP contribution in [0.3, 0.4) is 0 Å². The summed E-state index contributed by atoms with van der Waals surface area (Å²) < 4.78 is 5.83. The van der Waals surface area contributed by atoms with E-state index in [2.05, 4.69) is 18.2 Å². The molecule has 0 radical (unpaired) electrons. The number of nitrogens with one attached hydrogen (secondary N) is 1. The number of aryl methyl sites for hydroxylation is 2. The van der Waals surface area contributed by atoms with Crippen LogP contribution < -0.4 is 10.5 Å². The molecule has 1 aliphatic rings. The standard InChI is InChI=1S/C18H20N2O/c19-18(20)11-13-5-8-17(9-6-13)21-12-14-4-7-15-2-1-3-16(15)10-14/h4-10H,1-3,11-12H2,(H3,19,20). The molecule has 1 aliphatic carbocycles. The van der Waals surface area contributed by atoms with Crippen LogP contribution in [0.5, 0.6) is 5.75 Å². The number of hydrogen-bond donors (Lipinski definition) is 2. The first kappa shape index (κ1) is 13.7. The van der Waals surface area contributed by atoms with Crippen LogP contribution in [0.2, 0.25) is 0 Å². The van der Waals surface area contributed by atoms with Crippen LogP contribution in [-0.4, -0.2) is 5.84 Å². The van der Waals surface area contributed by atoms with Crippen LogP contribution in [0.15, 0.2) is 42.5 Å². The fourth-order valence-electron chi connectivity index (χ4n) is 2.81. The fourth-order valence-corrected chi connectivity index (χ4v) is 2.81. The zero-order valence-corrected chi connectivity index (χ0v) is 12.1. The van der Waals surface area contributed by atoms with E-state index in [1.165, 1.54) is 36.0 Å². The second-order valence-corrected chi connectivity index (χ2v) is 5.59. The summed E-state index contributed by atoms with van der Waals surface area (Å²) in [5, 5.41) is 7.29. The quantitative estimate of drug-likeness (QED) is 0.652. The summed E-state index contributed by atoms with van der Waals surface area (Å²) in [5.41, 5.74) is 10.6. The van der Waals surface area contributed by atoms with Gasteiger partial charge in [0.15, 0.2) is 0 Å². The molecule has 0 unspecified atom stereocenters. The van der Waals surface area contributed by atoms with Gasteiger partial charge in [0.05, 0.1) is 5.84 Å². The van der Waals surface area contributed by atoms with Crippen molar-refractivity contribution in [3.63, 3.8) is 0 Å². The van der Waals surface area contributed by atoms with E-state index in [-0.39, 0.29) is 5.84 Å². The van der Waals surface area contributed by atoms with Crippen LogP contribution in [0, 0.1) is 5.41 Å². The van der Waals surface area contributed by atoms with Gasteiger partial charge in [-0.05, 0) is 53.6 Å². The lowest BCUT2D eigenvalue weighted by Crippen LogP contribution is -2.12. The highest BCUT2D eigenvalue weighted by molar-refractivity contribution is 5.79. The maximum Gasteiger partial charge on any atom is 0.119 e. The lowest BCUT2D eigenvalue weighted by molar-refractivity contribution is 0.306. The van der Waals surface area contributed by atoms with E-state index in [9.17, 15) is 0 Å². The summed E-state index contributed by atoms with van der Waals surface area (Å²) in [4.78, 5) is 0. The molecule has 3 rings (SSSR count). The Morgan fingerprint density at radius 2 is 1.71 bits per heavy atom. The van der Waals surface area contributed by atoms with E-state index in [4.69, 9.17) is 15.9 Å². The Labute approximate surface area is 125 Å². The molecule has 2 aromatic carbocycles. The minimum Gasteiger partial charge on any atom is -0.489 e. The number of nitrogens with two attached hydrogens (primary N) is 1. The highest BCUT2D eigenvalue weighted by atomic mass is 16.5. The monoisotopic (exact) mass is 280 g/mol. The van der Waals surface area contributed by atoms with Gasteiger partial charge in [-0.15, -0.1) is 0 Å². The van der Waals surface area contributed by atoms with Crippen LogP contribution in [0.1, 0.15) is 28.7 Å². The predicted octanol–water partition coefficient (Wildman–Crippen LogP) is 3.23. The third kappa shape index (κ3) is 3.43. The van der Waals surface area contributed by atoms with E-state index in [0.717, 1.165) is 11.3 Å². The second kappa shape index (κ2) is 6.00. The second-order valence-electron chi connectivity index (χ2n) is 5.59. The van der Waals surface area contributed by atoms with Crippen molar-refractivity contribution in [3.05, 3.63) is 64.7 Å². The SMILES string of the molecule is N=C(N)Cc1ccc(OCc2ccc3c(c2)CCC3)cc1. The number of benzene rings is 2. The van der Waals surface area contributed by atoms with Gasteiger partial charge in [0, 0.05) is 6.42 Å². The number of hydrogen-bond acceptors (Lipinski definition) is 2. The normalized spacial score (nSPS) is 13.0. The van der Waals surface area contributed by atoms with Crippen LogP contribution in [0.4, 0.5) is 0 Å². The summed E-state index contributed by atoms with van der Waals surface area (Å²) in [6.45, 7) is 0.597. The third-order valence-electron chi connectivity index (χ3n) is 3.89. The number of amidine groups is 1. The molecule has 21 heavy (non-hydrogen) atoms. The van der Waals surface area contributed by atoms with Crippen LogP contribution >= 0.6 is 0 Å². The molecule has 3 N–H and O–H groups in total. The first-order chi connectivity index (χ1) is 10.2. The minimum absolute atomic E-state index is 0.182. The van der Waals surface area contributed by atoms with Crippen LogP contribution in [-0.2, 0) is 25.9 Å². The molecule has 0 bridgehead atoms. The lowest BCUT2D eigenvalue weighted by Gasteiger charge is -2.09. The molecule has 3 nitrogen and oxygen atoms in total. The van der Waals surface area contributed by atoms with E-state index >= 15 is 0 Å². The van der Waals surface area contributed by atoms with E-state index in [1.807, 2.05) is 24.3 Å². The molecule has 0 saturated heterocycles. The van der Waals surface area contributed by atoms with E-state index in [1.54, 1.807) is 0 Å². The summed E-state index contributed by atoms with van der Waals surface area (Å²) in [6, 6.07) is 14.5. The zero-order chi connectivity index (χ0) is 14.7. The van der Waals surface area contributed by atoms with Crippen LogP contribution in [0.25, 0.3) is 0 Å². The molecule has 0 heterocycles. The molecule has 3 heteroatoms. The number of fused-ring (bicyclic) bond motifs is 1. The van der Waals surface area contributed by atoms with E-state index in [0.29, 0.717) is 13.0 Å². The molecule has 108 valence electrons. The van der Waals surface area contributed by atoms with Gasteiger partial charge >= 0.3 is 0 Å². The molecule has 0 amide bonds. The van der Waals surface area contributed by atoms with Gasteiger partial charge < -0.3 is 10.5 Å². The average molecular weight is 280 g/mol. The fraction of sp³-hybridized carbons (Fsp3) is 0.278. The third-order valence-corrected chi connectivity index (χ3v) is 3.89. The van der Waals surface area contributed by atoms with Crippen molar-refractivity contribution < 1.29 is 4.74 Å². The van der Waals surface area contributed by atoms with Gasteiger partial charge in [-0.3, -0.25) is 5.41 Å². The molecule has 0 aliphatic heterocycles. The molecule has 0 saturated carbocycles. The Morgan fingerprint density at radius 1 is 1.00 bits per heavy atom. The van der Waals surface area contributed by atoms with Crippen molar-refractivity contribution in [1.82, 2.24) is 0 Å². The summed E-state index contributed by atoms with van der Waals surface area (Å²) >= 11 is 0. The van der Waals surface area contributed by atoms with Gasteiger partial charge in [-0.25, -0.2) is 0 Å². The Hall–Kier alpha value is -2.29. The summed E-state index contributed by atoms with van der Waals surface area (Å²) in [7, 11) is 0. The molecule has 2 aromatic rings. The van der Waals surface area contributed by atoms with Crippen molar-refractivity contribution in [2.75, 3.05) is 0 Å². The van der Waals surface area contributed by atoms with Gasteiger partial charge in [0.1, 0.15) is 12.4 Å². The molecule has 0 aromatic heterocycles. The molecular weight excluding hydrogens is 260 g/mol. The topological polar surface area (TPSA) is 59.1 Å². The Balaban J connectivity index is 1.61. The molecule has 0 spiro atoms. The van der Waals surface area contributed by atoms with Crippen molar-refractivity contribution in [1.29, 1.82) is 5.41 Å². The Kier molecular flexibility index (Phi) is 3.91. The largest absolute Gasteiger partial charge is 0.489 e. The van der Waals surface area contributed by atoms with Crippen molar-refractivity contribution in [3.8, 4) is 5.75 Å². The van der Waals surface area contributed by atoms with Gasteiger partial charge in [-0.1, -0.05) is 30.3 Å². The average Bonchev–Trinajstić information content (AvgIpc) is 2.93. The molecule has 0 atom stereocenters. The maximum atomic E-state index is 7.29. The predicted molar refractivity (Wildman–Crippen MR) is 84.9 cm³/mol. The Morgan fingerprint density at radius 3 is 2.48 bits per heavy atom. The summed E-state index contributed by atoms with van der Waals surface area (Å²) in [5.74, 6) is 1.03. The van der Waals surface area contributed by atoms with Crippen molar-refractivity contribution in [2.24, 2.45) is 5.73 Å². The first-order valence-corrected chi connectivity index (χ1v) is 7.36. The van der Waals surface area contributed by atoms with Gasteiger partial charge in [-0.2, -0.15) is 0 Å². The number of ether oxygens (including phenoxy) is 1. The highest BCUT2D eigenvalue weighted by Gasteiger charge is 2.10. The van der Waals surface area contributed by atoms with Gasteiger partial charge in [0.2, 0.25) is 0 Å². The molecule has 0 fully saturated rings.